The van der Waals surface area contributed by atoms with Gasteiger partial charge in [-0.05, 0) is 38.0 Å². The van der Waals surface area contributed by atoms with E-state index in [-0.39, 0.29) is 11.9 Å². The van der Waals surface area contributed by atoms with E-state index in [0.717, 1.165) is 18.9 Å². The first kappa shape index (κ1) is 11.5. The van der Waals surface area contributed by atoms with E-state index in [0.29, 0.717) is 6.04 Å². The van der Waals surface area contributed by atoms with Crippen molar-refractivity contribution in [3.63, 3.8) is 0 Å². The maximum atomic E-state index is 11.9. The summed E-state index contributed by atoms with van der Waals surface area (Å²) < 4.78 is 0. The Morgan fingerprint density at radius 3 is 2.71 bits per heavy atom. The highest BCUT2D eigenvalue weighted by Crippen LogP contribution is 2.31. The molecule has 2 unspecified atom stereocenters. The van der Waals surface area contributed by atoms with E-state index in [1.807, 2.05) is 0 Å². The van der Waals surface area contributed by atoms with Crippen LogP contribution >= 0.6 is 0 Å². The molecule has 1 N–H and O–H groups in total. The zero-order chi connectivity index (χ0) is 11.7. The summed E-state index contributed by atoms with van der Waals surface area (Å²) in [6.07, 6.45) is 10.6. The fourth-order valence-electron chi connectivity index (χ4n) is 3.91. The van der Waals surface area contributed by atoms with Crippen LogP contribution in [0.1, 0.15) is 51.4 Å². The van der Waals surface area contributed by atoms with E-state index in [2.05, 4.69) is 10.2 Å². The molecule has 1 aliphatic carbocycles. The largest absolute Gasteiger partial charge is 0.353 e. The van der Waals surface area contributed by atoms with Gasteiger partial charge in [0.2, 0.25) is 5.91 Å². The van der Waals surface area contributed by atoms with E-state index in [4.69, 9.17) is 0 Å². The molecule has 0 spiro atoms. The molecule has 2 atom stereocenters. The molecule has 2 saturated heterocycles. The molecule has 17 heavy (non-hydrogen) atoms. The molecule has 0 aromatic carbocycles. The summed E-state index contributed by atoms with van der Waals surface area (Å²) in [6, 6.07) is 0.831. The van der Waals surface area contributed by atoms with Crippen molar-refractivity contribution >= 4 is 5.91 Å². The number of nitrogens with one attached hydrogen (secondary N) is 1. The van der Waals surface area contributed by atoms with Gasteiger partial charge < -0.3 is 5.32 Å². The monoisotopic (exact) mass is 236 g/mol. The van der Waals surface area contributed by atoms with Crippen molar-refractivity contribution in [2.24, 2.45) is 5.92 Å². The molecule has 0 aromatic heterocycles. The Bertz CT molecular complexity index is 286. The fourth-order valence-corrected chi connectivity index (χ4v) is 3.91. The number of hydrogen-bond donors (Lipinski definition) is 1. The van der Waals surface area contributed by atoms with Crippen LogP contribution in [0.3, 0.4) is 0 Å². The maximum Gasteiger partial charge on any atom is 0.237 e. The molecule has 3 heteroatoms. The number of piperidine rings is 1. The predicted octanol–water partition coefficient (Wildman–Crippen LogP) is 1.92. The topological polar surface area (TPSA) is 32.3 Å². The van der Waals surface area contributed by atoms with Crippen molar-refractivity contribution in [2.45, 2.75) is 63.5 Å². The molecule has 0 aromatic rings. The molecule has 3 nitrogen and oxygen atoms in total. The van der Waals surface area contributed by atoms with Crippen LogP contribution in [0.25, 0.3) is 0 Å². The van der Waals surface area contributed by atoms with Gasteiger partial charge >= 0.3 is 0 Å². The number of fused-ring (bicyclic) bond motifs is 2. The van der Waals surface area contributed by atoms with Crippen molar-refractivity contribution < 1.29 is 4.79 Å². The molecule has 0 radical (unpaired) electrons. The van der Waals surface area contributed by atoms with Gasteiger partial charge in [0.25, 0.3) is 0 Å². The van der Waals surface area contributed by atoms with Gasteiger partial charge in [-0.2, -0.15) is 0 Å². The lowest BCUT2D eigenvalue weighted by molar-refractivity contribution is -0.134. The molecule has 1 saturated carbocycles. The minimum atomic E-state index is 0.199. The van der Waals surface area contributed by atoms with E-state index < -0.39 is 0 Å². The van der Waals surface area contributed by atoms with Gasteiger partial charge in [-0.25, -0.2) is 0 Å². The minimum Gasteiger partial charge on any atom is -0.353 e. The lowest BCUT2D eigenvalue weighted by Crippen LogP contribution is -2.63. The van der Waals surface area contributed by atoms with E-state index >= 15 is 0 Å². The van der Waals surface area contributed by atoms with Gasteiger partial charge in [0.1, 0.15) is 0 Å². The Kier molecular flexibility index (Phi) is 3.37. The van der Waals surface area contributed by atoms with Gasteiger partial charge in [-0.15, -0.1) is 0 Å². The smallest absolute Gasteiger partial charge is 0.237 e. The Morgan fingerprint density at radius 1 is 1.06 bits per heavy atom. The van der Waals surface area contributed by atoms with Crippen molar-refractivity contribution in [1.29, 1.82) is 0 Å². The van der Waals surface area contributed by atoms with Crippen molar-refractivity contribution in [3.8, 4) is 0 Å². The maximum absolute atomic E-state index is 11.9. The lowest BCUT2D eigenvalue weighted by Gasteiger charge is -2.47. The predicted molar refractivity (Wildman–Crippen MR) is 67.7 cm³/mol. The highest BCUT2D eigenvalue weighted by atomic mass is 16.2. The molecule has 1 amide bonds. The summed E-state index contributed by atoms with van der Waals surface area (Å²) in [6.45, 7) is 2.07. The molecule has 3 fully saturated rings. The Morgan fingerprint density at radius 2 is 1.88 bits per heavy atom. The lowest BCUT2D eigenvalue weighted by atomic mass is 9.85. The molecular formula is C14H24N2O. The number of hydrogen-bond acceptors (Lipinski definition) is 2. The van der Waals surface area contributed by atoms with Crippen LogP contribution in [0.2, 0.25) is 0 Å². The minimum absolute atomic E-state index is 0.199. The van der Waals surface area contributed by atoms with Crippen molar-refractivity contribution in [1.82, 2.24) is 10.2 Å². The van der Waals surface area contributed by atoms with Gasteiger partial charge in [-0.1, -0.05) is 19.3 Å². The van der Waals surface area contributed by atoms with Gasteiger partial charge in [0, 0.05) is 19.1 Å². The Hall–Kier alpha value is -0.570. The van der Waals surface area contributed by atoms with Gasteiger partial charge in [0.05, 0.1) is 6.04 Å². The highest BCUT2D eigenvalue weighted by Gasteiger charge is 2.39. The van der Waals surface area contributed by atoms with Crippen molar-refractivity contribution in [2.75, 3.05) is 13.1 Å². The first-order valence-corrected chi connectivity index (χ1v) is 7.38. The average molecular weight is 236 g/mol. The molecule has 2 heterocycles. The number of carbonyl (C=O) groups is 1. The van der Waals surface area contributed by atoms with Crippen LogP contribution in [-0.2, 0) is 4.79 Å². The summed E-state index contributed by atoms with van der Waals surface area (Å²) in [5, 5.41) is 3.07. The quantitative estimate of drug-likeness (QED) is 0.794. The third kappa shape index (κ3) is 2.35. The molecule has 96 valence electrons. The summed E-state index contributed by atoms with van der Waals surface area (Å²) in [7, 11) is 0. The zero-order valence-electron chi connectivity index (χ0n) is 10.7. The van der Waals surface area contributed by atoms with Crippen LogP contribution in [0.15, 0.2) is 0 Å². The van der Waals surface area contributed by atoms with Crippen molar-refractivity contribution in [3.05, 3.63) is 0 Å². The summed E-state index contributed by atoms with van der Waals surface area (Å²) in [4.78, 5) is 14.4. The summed E-state index contributed by atoms with van der Waals surface area (Å²) in [5.74, 6) is 1.15. The molecule has 3 aliphatic rings. The molecule has 2 bridgehead atoms. The van der Waals surface area contributed by atoms with Crippen LogP contribution in [-0.4, -0.2) is 36.0 Å². The van der Waals surface area contributed by atoms with Crippen LogP contribution in [0.4, 0.5) is 0 Å². The Labute approximate surface area is 104 Å². The molecular weight excluding hydrogens is 212 g/mol. The Balaban J connectivity index is 1.65. The number of piperazine rings is 1. The van der Waals surface area contributed by atoms with Crippen LogP contribution in [0.5, 0.6) is 0 Å². The third-order valence-electron chi connectivity index (χ3n) is 4.89. The van der Waals surface area contributed by atoms with E-state index in [9.17, 15) is 4.79 Å². The van der Waals surface area contributed by atoms with Gasteiger partial charge in [0.15, 0.2) is 0 Å². The van der Waals surface area contributed by atoms with E-state index in [1.54, 1.807) is 0 Å². The zero-order valence-corrected chi connectivity index (χ0v) is 10.7. The number of amides is 1. The summed E-state index contributed by atoms with van der Waals surface area (Å²) >= 11 is 0. The summed E-state index contributed by atoms with van der Waals surface area (Å²) in [5.41, 5.74) is 0. The number of nitrogens with zero attached hydrogens (tertiary/aromatic N) is 1. The second-order valence-electron chi connectivity index (χ2n) is 6.05. The second-order valence-corrected chi connectivity index (χ2v) is 6.05. The normalized spacial score (nSPS) is 35.6. The number of carbonyl (C=O) groups excluding carboxylic acids is 1. The second kappa shape index (κ2) is 4.97. The average Bonchev–Trinajstić information content (AvgIpc) is 2.36. The first-order valence-electron chi connectivity index (χ1n) is 7.38. The van der Waals surface area contributed by atoms with Crippen LogP contribution < -0.4 is 5.32 Å². The molecule has 2 aliphatic heterocycles. The number of rotatable bonds is 2. The standard InChI is InChI=1S/C14H24N2O/c17-14-13-8-4-7-12(9-15-14)16(13)10-11-5-2-1-3-6-11/h11-13H,1-10H2,(H,15,17). The van der Waals surface area contributed by atoms with E-state index in [1.165, 1.54) is 51.5 Å². The van der Waals surface area contributed by atoms with Gasteiger partial charge in [-0.3, -0.25) is 9.69 Å². The molecule has 3 rings (SSSR count). The third-order valence-corrected chi connectivity index (χ3v) is 4.89. The highest BCUT2D eigenvalue weighted by molar-refractivity contribution is 5.82. The first-order chi connectivity index (χ1) is 8.34. The SMILES string of the molecule is O=C1NCC2CCCC1N2CC1CCCCC1. The fraction of sp³-hybridized carbons (Fsp3) is 0.929. The van der Waals surface area contributed by atoms with Crippen LogP contribution in [0, 0.1) is 5.92 Å².